The monoisotopic (exact) mass is 397 g/mol. The van der Waals surface area contributed by atoms with E-state index in [1.807, 2.05) is 31.2 Å². The van der Waals surface area contributed by atoms with Crippen LogP contribution in [0.25, 0.3) is 0 Å². The lowest BCUT2D eigenvalue weighted by atomic mass is 10.1. The Bertz CT molecular complexity index is 806. The minimum Gasteiger partial charge on any atom is -0.478 e. The third-order valence-electron chi connectivity index (χ3n) is 4.02. The summed E-state index contributed by atoms with van der Waals surface area (Å²) in [5.74, 6) is 5.17. The minimum atomic E-state index is -0.942. The molecule has 2 aromatic carbocycles. The lowest BCUT2D eigenvalue weighted by molar-refractivity contribution is 0.00356. The summed E-state index contributed by atoms with van der Waals surface area (Å²) < 4.78 is 16.0. The molecule has 0 aromatic heterocycles. The first-order valence-electron chi connectivity index (χ1n) is 9.46. The molecular formula is C23H27NO5. The predicted molar refractivity (Wildman–Crippen MR) is 112 cm³/mol. The summed E-state index contributed by atoms with van der Waals surface area (Å²) in [6, 6.07) is 14.3. The van der Waals surface area contributed by atoms with E-state index in [9.17, 15) is 4.79 Å². The summed E-state index contributed by atoms with van der Waals surface area (Å²) in [5.41, 5.74) is 2.90. The summed E-state index contributed by atoms with van der Waals surface area (Å²) >= 11 is 0. The molecule has 0 saturated carbocycles. The SMILES string of the molecule is COCCOCCO[C@@H](C)CNc1ccc(C#Cc2ccc(C(=O)O)cc2)cc1. The van der Waals surface area contributed by atoms with E-state index in [-0.39, 0.29) is 11.7 Å². The zero-order valence-electron chi connectivity index (χ0n) is 16.8. The van der Waals surface area contributed by atoms with E-state index in [0.29, 0.717) is 33.0 Å². The highest BCUT2D eigenvalue weighted by atomic mass is 16.5. The molecule has 6 heteroatoms. The lowest BCUT2D eigenvalue weighted by Crippen LogP contribution is -2.22. The molecule has 0 bridgehead atoms. The van der Waals surface area contributed by atoms with E-state index in [2.05, 4.69) is 17.2 Å². The first-order valence-corrected chi connectivity index (χ1v) is 9.46. The van der Waals surface area contributed by atoms with Crippen molar-refractivity contribution in [1.29, 1.82) is 0 Å². The highest BCUT2D eigenvalue weighted by Crippen LogP contribution is 2.10. The van der Waals surface area contributed by atoms with E-state index in [1.165, 1.54) is 0 Å². The van der Waals surface area contributed by atoms with Gasteiger partial charge in [-0.3, -0.25) is 0 Å². The molecule has 2 rings (SSSR count). The lowest BCUT2D eigenvalue weighted by Gasteiger charge is -2.15. The van der Waals surface area contributed by atoms with Gasteiger partial charge in [0.05, 0.1) is 38.1 Å². The van der Waals surface area contributed by atoms with E-state index in [0.717, 1.165) is 16.8 Å². The van der Waals surface area contributed by atoms with Crippen LogP contribution in [-0.4, -0.2) is 57.3 Å². The maximum absolute atomic E-state index is 10.9. The van der Waals surface area contributed by atoms with Crippen LogP contribution in [0.15, 0.2) is 48.5 Å². The van der Waals surface area contributed by atoms with Crippen molar-refractivity contribution in [2.24, 2.45) is 0 Å². The van der Waals surface area contributed by atoms with Crippen LogP contribution in [0.5, 0.6) is 0 Å². The third-order valence-corrected chi connectivity index (χ3v) is 4.02. The van der Waals surface area contributed by atoms with E-state index in [1.54, 1.807) is 31.4 Å². The standard InChI is InChI=1S/C23H27NO5/c1-18(29-16-15-28-14-13-27-2)17-24-22-11-7-20(8-12-22)4-3-19-5-9-21(10-6-19)23(25)26/h5-12,18,24H,13-17H2,1-2H3,(H,25,26)/t18-/m0/s1. The van der Waals surface area contributed by atoms with Crippen LogP contribution in [0.2, 0.25) is 0 Å². The van der Waals surface area contributed by atoms with Crippen molar-refractivity contribution in [3.05, 3.63) is 65.2 Å². The molecule has 0 aliphatic heterocycles. The molecule has 1 atom stereocenters. The number of aromatic carboxylic acids is 1. The summed E-state index contributed by atoms with van der Waals surface area (Å²) in [5, 5.41) is 12.2. The molecule has 2 N–H and O–H groups in total. The highest BCUT2D eigenvalue weighted by molar-refractivity contribution is 5.87. The fraction of sp³-hybridized carbons (Fsp3) is 0.348. The number of benzene rings is 2. The predicted octanol–water partition coefficient (Wildman–Crippen LogP) is 3.26. The summed E-state index contributed by atoms with van der Waals surface area (Å²) in [6.45, 7) is 4.98. The molecule has 0 amide bonds. The van der Waals surface area contributed by atoms with Gasteiger partial charge in [-0.05, 0) is 55.5 Å². The second-order valence-corrected chi connectivity index (χ2v) is 6.38. The van der Waals surface area contributed by atoms with Crippen molar-refractivity contribution in [2.45, 2.75) is 13.0 Å². The van der Waals surface area contributed by atoms with Crippen molar-refractivity contribution in [3.63, 3.8) is 0 Å². The maximum atomic E-state index is 10.9. The second kappa shape index (κ2) is 12.6. The number of carboxylic acids is 1. The van der Waals surface area contributed by atoms with Crippen LogP contribution < -0.4 is 5.32 Å². The van der Waals surface area contributed by atoms with Gasteiger partial charge in [-0.1, -0.05) is 11.8 Å². The van der Waals surface area contributed by atoms with Crippen molar-refractivity contribution in [3.8, 4) is 11.8 Å². The summed E-state index contributed by atoms with van der Waals surface area (Å²) in [4.78, 5) is 10.9. The molecule has 0 fully saturated rings. The molecule has 0 heterocycles. The quantitative estimate of drug-likeness (QED) is 0.448. The van der Waals surface area contributed by atoms with Gasteiger partial charge < -0.3 is 24.6 Å². The Hall–Kier alpha value is -2.85. The number of methoxy groups -OCH3 is 1. The van der Waals surface area contributed by atoms with Gasteiger partial charge in [0, 0.05) is 30.5 Å². The van der Waals surface area contributed by atoms with Crippen LogP contribution in [-0.2, 0) is 14.2 Å². The minimum absolute atomic E-state index is 0.0641. The van der Waals surface area contributed by atoms with Gasteiger partial charge in [-0.15, -0.1) is 0 Å². The largest absolute Gasteiger partial charge is 0.478 e. The van der Waals surface area contributed by atoms with Gasteiger partial charge in [0.2, 0.25) is 0 Å². The van der Waals surface area contributed by atoms with Crippen molar-refractivity contribution in [1.82, 2.24) is 0 Å². The third kappa shape index (κ3) is 8.79. The van der Waals surface area contributed by atoms with Crippen LogP contribution in [0.3, 0.4) is 0 Å². The van der Waals surface area contributed by atoms with Gasteiger partial charge in [0.1, 0.15) is 0 Å². The number of carbonyl (C=O) groups is 1. The Kier molecular flexibility index (Phi) is 9.73. The number of hydrogen-bond acceptors (Lipinski definition) is 5. The number of nitrogens with one attached hydrogen (secondary N) is 1. The van der Waals surface area contributed by atoms with Gasteiger partial charge in [-0.2, -0.15) is 0 Å². The van der Waals surface area contributed by atoms with Crippen LogP contribution in [0.1, 0.15) is 28.4 Å². The van der Waals surface area contributed by atoms with Gasteiger partial charge in [0.25, 0.3) is 0 Å². The summed E-state index contributed by atoms with van der Waals surface area (Å²) in [6.07, 6.45) is 0.0641. The number of ether oxygens (including phenoxy) is 3. The average molecular weight is 397 g/mol. The Labute approximate surface area is 171 Å². The molecule has 6 nitrogen and oxygen atoms in total. The van der Waals surface area contributed by atoms with Gasteiger partial charge in [0.15, 0.2) is 0 Å². The normalized spacial score (nSPS) is 11.4. The molecule has 29 heavy (non-hydrogen) atoms. The first kappa shape index (κ1) is 22.4. The molecule has 0 aliphatic carbocycles. The van der Waals surface area contributed by atoms with Crippen molar-refractivity contribution in [2.75, 3.05) is 45.4 Å². The number of hydrogen-bond donors (Lipinski definition) is 2. The van der Waals surface area contributed by atoms with Crippen molar-refractivity contribution < 1.29 is 24.1 Å². The van der Waals surface area contributed by atoms with Crippen molar-refractivity contribution >= 4 is 11.7 Å². The Morgan fingerprint density at radius 2 is 1.55 bits per heavy atom. The average Bonchev–Trinajstić information content (AvgIpc) is 2.74. The van der Waals surface area contributed by atoms with E-state index in [4.69, 9.17) is 19.3 Å². The smallest absolute Gasteiger partial charge is 0.335 e. The number of rotatable bonds is 11. The molecule has 0 aliphatic rings. The van der Waals surface area contributed by atoms with Crippen LogP contribution >= 0.6 is 0 Å². The maximum Gasteiger partial charge on any atom is 0.335 e. The Balaban J connectivity index is 1.74. The number of carboxylic acid groups (broad SMARTS) is 1. The van der Waals surface area contributed by atoms with Crippen LogP contribution in [0.4, 0.5) is 5.69 Å². The fourth-order valence-electron chi connectivity index (χ4n) is 2.38. The zero-order chi connectivity index (χ0) is 20.9. The molecule has 0 saturated heterocycles. The Morgan fingerprint density at radius 1 is 0.966 bits per heavy atom. The second-order valence-electron chi connectivity index (χ2n) is 6.38. The molecule has 0 spiro atoms. The zero-order valence-corrected chi connectivity index (χ0v) is 16.8. The van der Waals surface area contributed by atoms with Gasteiger partial charge >= 0.3 is 5.97 Å². The van der Waals surface area contributed by atoms with E-state index < -0.39 is 5.97 Å². The topological polar surface area (TPSA) is 77.0 Å². The molecule has 0 radical (unpaired) electrons. The molecule has 2 aromatic rings. The number of anilines is 1. The van der Waals surface area contributed by atoms with Gasteiger partial charge in [-0.25, -0.2) is 4.79 Å². The van der Waals surface area contributed by atoms with E-state index >= 15 is 0 Å². The Morgan fingerprint density at radius 3 is 2.14 bits per heavy atom. The summed E-state index contributed by atoms with van der Waals surface area (Å²) in [7, 11) is 1.65. The highest BCUT2D eigenvalue weighted by Gasteiger charge is 2.02. The first-order chi connectivity index (χ1) is 14.1. The van der Waals surface area contributed by atoms with Crippen LogP contribution in [0, 0.1) is 11.8 Å². The molecule has 154 valence electrons. The molecular weight excluding hydrogens is 370 g/mol. The molecule has 0 unspecified atom stereocenters. The fourth-order valence-corrected chi connectivity index (χ4v) is 2.38.